The van der Waals surface area contributed by atoms with Crippen molar-refractivity contribution < 1.29 is 45.4 Å². The molecular formula is C28H32IN8O5-. The molecule has 3 amide bonds. The number of nitrogens with zero attached hydrogens (tertiary/aromatic N) is 6. The van der Waals surface area contributed by atoms with Crippen LogP contribution in [0.2, 0.25) is 0 Å². The molecule has 2 fully saturated rings. The molecule has 3 aliphatic rings. The Morgan fingerprint density at radius 2 is 1.86 bits per heavy atom. The number of alkyl halides is 1. The number of amides is 3. The van der Waals surface area contributed by atoms with E-state index in [1.54, 1.807) is 4.90 Å². The Kier molecular flexibility index (Phi) is 7.96. The molecule has 0 spiro atoms. The summed E-state index contributed by atoms with van der Waals surface area (Å²) in [6.07, 6.45) is 10.3. The van der Waals surface area contributed by atoms with Crippen LogP contribution in [0.5, 0.6) is 5.75 Å². The van der Waals surface area contributed by atoms with E-state index in [2.05, 4.69) is 29.7 Å². The molecule has 0 saturated carbocycles. The summed E-state index contributed by atoms with van der Waals surface area (Å²) < 4.78 is 10.6. The summed E-state index contributed by atoms with van der Waals surface area (Å²) in [4.78, 5) is 67.4. The fraction of sp³-hybridized carbons (Fsp3) is 0.464. The van der Waals surface area contributed by atoms with Crippen molar-refractivity contribution in [3.8, 4) is 11.6 Å². The van der Waals surface area contributed by atoms with Crippen LogP contribution in [0.15, 0.2) is 30.4 Å². The summed E-state index contributed by atoms with van der Waals surface area (Å²) >= 11 is -0.467. The first-order chi connectivity index (χ1) is 20.4. The minimum atomic E-state index is -0.654. The minimum absolute atomic E-state index is 0.0160. The molecule has 13 nitrogen and oxygen atoms in total. The molecule has 0 aromatic carbocycles. The van der Waals surface area contributed by atoms with E-state index in [0.29, 0.717) is 48.6 Å². The van der Waals surface area contributed by atoms with E-state index in [9.17, 15) is 19.2 Å². The molecule has 14 heteroatoms. The van der Waals surface area contributed by atoms with Gasteiger partial charge in [-0.15, -0.1) is 0 Å². The molecule has 2 unspecified atom stereocenters. The molecule has 42 heavy (non-hydrogen) atoms. The molecule has 6 rings (SSSR count). The van der Waals surface area contributed by atoms with Crippen molar-refractivity contribution in [2.75, 3.05) is 37.7 Å². The van der Waals surface area contributed by atoms with Crippen molar-refractivity contribution in [3.05, 3.63) is 41.8 Å². The van der Waals surface area contributed by atoms with Gasteiger partial charge in [0.25, 0.3) is 0 Å². The molecule has 2 atom stereocenters. The number of pyridine rings is 1. The Labute approximate surface area is 252 Å². The molecule has 5 heterocycles. The Morgan fingerprint density at radius 1 is 1.10 bits per heavy atom. The summed E-state index contributed by atoms with van der Waals surface area (Å²) in [5.74, 6) is -0.517. The second-order valence-corrected chi connectivity index (χ2v) is 13.5. The number of hydrogen-bond donors (Lipinski definition) is 2. The van der Waals surface area contributed by atoms with Crippen LogP contribution in [0.3, 0.4) is 0 Å². The molecule has 3 aromatic heterocycles. The van der Waals surface area contributed by atoms with Crippen LogP contribution in [0.4, 0.5) is 0 Å². The second-order valence-electron chi connectivity index (χ2n) is 10.7. The molecule has 222 valence electrons. The van der Waals surface area contributed by atoms with Crippen LogP contribution >= 0.6 is 0 Å². The molecule has 2 saturated heterocycles. The second kappa shape index (κ2) is 11.8. The van der Waals surface area contributed by atoms with Gasteiger partial charge in [-0.3, -0.25) is 4.79 Å². The number of ether oxygens (including phenoxy) is 1. The zero-order valence-corrected chi connectivity index (χ0v) is 25.6. The van der Waals surface area contributed by atoms with Crippen LogP contribution in [0.1, 0.15) is 53.6 Å². The van der Waals surface area contributed by atoms with Gasteiger partial charge in [0.1, 0.15) is 0 Å². The number of nitrogens with one attached hydrogen (secondary N) is 2. The number of H-pyrrole nitrogens is 1. The number of rotatable bonds is 8. The zero-order chi connectivity index (χ0) is 29.4. The normalized spacial score (nSPS) is 20.1. The summed E-state index contributed by atoms with van der Waals surface area (Å²) in [5, 5.41) is 4.67. The van der Waals surface area contributed by atoms with Crippen LogP contribution in [-0.4, -0.2) is 95.8 Å². The molecule has 0 radical (unpaired) electrons. The van der Waals surface area contributed by atoms with Crippen molar-refractivity contribution in [3.63, 3.8) is 0 Å². The van der Waals surface area contributed by atoms with Crippen molar-refractivity contribution in [1.82, 2.24) is 38.1 Å². The molecule has 2 aliphatic heterocycles. The first-order valence-electron chi connectivity index (χ1n) is 14.1. The Hall–Kier alpha value is -3.82. The molecular weight excluding hydrogens is 655 g/mol. The third-order valence-corrected chi connectivity index (χ3v) is 9.77. The number of methoxy groups -OCH3 is 1. The Balaban J connectivity index is 1.19. The molecule has 2 N–H and O–H groups in total. The number of carbonyl (C=O) groups excluding carboxylic acids is 4. The predicted octanol–water partition coefficient (Wildman–Crippen LogP) is -1.49. The van der Waals surface area contributed by atoms with E-state index < -0.39 is 33.2 Å². The summed E-state index contributed by atoms with van der Waals surface area (Å²) in [5.41, 5.74) is 1.50. The van der Waals surface area contributed by atoms with E-state index in [1.807, 2.05) is 11.8 Å². The number of aromatic nitrogens is 5. The number of likely N-dealkylation sites (tertiary alicyclic amines) is 2. The van der Waals surface area contributed by atoms with Gasteiger partial charge < -0.3 is 4.90 Å². The van der Waals surface area contributed by atoms with Crippen molar-refractivity contribution in [2.45, 2.75) is 32.6 Å². The van der Waals surface area contributed by atoms with Crippen LogP contribution in [0.25, 0.3) is 16.7 Å². The van der Waals surface area contributed by atoms with E-state index >= 15 is 0 Å². The Bertz CT molecular complexity index is 1580. The van der Waals surface area contributed by atoms with Gasteiger partial charge in [-0.1, -0.05) is 6.08 Å². The summed E-state index contributed by atoms with van der Waals surface area (Å²) in [6, 6.07) is 0. The zero-order valence-electron chi connectivity index (χ0n) is 23.4. The van der Waals surface area contributed by atoms with Crippen LogP contribution in [0, 0.1) is 11.8 Å². The van der Waals surface area contributed by atoms with Gasteiger partial charge in [0.2, 0.25) is 5.91 Å². The van der Waals surface area contributed by atoms with Gasteiger partial charge in [0, 0.05) is 43.6 Å². The summed E-state index contributed by atoms with van der Waals surface area (Å²) in [7, 11) is 1.46. The number of aromatic amines is 1. The first-order valence-corrected chi connectivity index (χ1v) is 16.7. The number of fused-ring (bicyclic) bond motifs is 2. The van der Waals surface area contributed by atoms with E-state index in [-0.39, 0.29) is 35.0 Å². The number of ketones is 1. The van der Waals surface area contributed by atoms with Gasteiger partial charge in [0.05, 0.1) is 0 Å². The number of hydrogen-bond acceptors (Lipinski definition) is 8. The maximum atomic E-state index is 13.6. The first kappa shape index (κ1) is 28.3. The van der Waals surface area contributed by atoms with E-state index in [1.165, 1.54) is 30.5 Å². The predicted molar refractivity (Wildman–Crippen MR) is 147 cm³/mol. The van der Waals surface area contributed by atoms with Gasteiger partial charge in [0.15, 0.2) is 0 Å². The van der Waals surface area contributed by atoms with Crippen molar-refractivity contribution in [1.29, 1.82) is 0 Å². The number of Topliss-reactive ketones (excluding diaryl/α,β-unsaturated/α-hetero) is 1. The number of allylic oxidation sites excluding steroid dienone is 1. The fourth-order valence-corrected chi connectivity index (χ4v) is 7.04. The molecule has 0 bridgehead atoms. The monoisotopic (exact) mass is 687 g/mol. The quantitative estimate of drug-likeness (QED) is 0.0955. The third kappa shape index (κ3) is 5.16. The molecule has 3 aromatic rings. The third-order valence-electron chi connectivity index (χ3n) is 8.14. The van der Waals surface area contributed by atoms with Crippen molar-refractivity contribution >= 4 is 34.4 Å². The maximum absolute atomic E-state index is 13.6. The van der Waals surface area contributed by atoms with Gasteiger partial charge in [-0.2, -0.15) is 0 Å². The summed E-state index contributed by atoms with van der Waals surface area (Å²) in [6.45, 7) is 4.08. The average Bonchev–Trinajstić information content (AvgIpc) is 3.82. The number of carbonyl (C=O) groups is 4. The van der Waals surface area contributed by atoms with E-state index in [0.717, 1.165) is 35.7 Å². The van der Waals surface area contributed by atoms with Crippen LogP contribution < -0.4 is 29.7 Å². The average molecular weight is 688 g/mol. The standard InChI is InChI=1S/C28H32IN8O5/c1-3-29-33-26(39)24-32-15-37(34-24)25-22-21(20(42-2)10-31-25)19(9-30-22)23(38)28(41)36-13-17-11-35(12-18(17)14-36)27(40)16-7-5-4-6-8-16/h7,9-10,15,17-18,30H,3-6,8,11-14H2,1-2H3,(H,33,39)/q-1. The van der Waals surface area contributed by atoms with Crippen LogP contribution in [-0.2, 0) is 9.59 Å². The Morgan fingerprint density at radius 3 is 2.55 bits per heavy atom. The SMILES string of the molecule is CC[I-]NC(=O)c1ncn(-c2ncc(OC)c3c(C(=O)C(=O)N4CC5CN(C(=O)C6=CCCCC6)CC5C4)c[nH]c23)n1. The van der Waals surface area contributed by atoms with Crippen molar-refractivity contribution in [2.24, 2.45) is 11.8 Å². The fourth-order valence-electron chi connectivity index (χ4n) is 6.07. The van der Waals surface area contributed by atoms with E-state index in [4.69, 9.17) is 4.74 Å². The molecule has 1 aliphatic carbocycles. The van der Waals surface area contributed by atoms with Gasteiger partial charge in [-0.25, -0.2) is 0 Å². The topological polar surface area (TPSA) is 155 Å². The number of halogens is 1. The van der Waals surface area contributed by atoms with Gasteiger partial charge in [-0.05, 0) is 25.7 Å². The van der Waals surface area contributed by atoms with Gasteiger partial charge >= 0.3 is 162 Å².